The molecule has 1 amide bonds. The van der Waals surface area contributed by atoms with Crippen molar-refractivity contribution < 1.29 is 13.6 Å². The minimum atomic E-state index is -0.448. The molecule has 0 saturated carbocycles. The summed E-state index contributed by atoms with van der Waals surface area (Å²) in [6, 6.07) is 3.59. The van der Waals surface area contributed by atoms with Gasteiger partial charge in [-0.25, -0.2) is 8.78 Å². The zero-order valence-corrected chi connectivity index (χ0v) is 13.2. The van der Waals surface area contributed by atoms with Crippen molar-refractivity contribution in [2.24, 2.45) is 0 Å². The summed E-state index contributed by atoms with van der Waals surface area (Å²) in [6.07, 6.45) is 0.661. The molecule has 4 nitrogen and oxygen atoms in total. The summed E-state index contributed by atoms with van der Waals surface area (Å²) in [5.41, 5.74) is 0.305. The Labute approximate surface area is 129 Å². The first-order valence-electron chi connectivity index (χ1n) is 7.57. The van der Waals surface area contributed by atoms with E-state index in [9.17, 15) is 13.6 Å². The van der Waals surface area contributed by atoms with E-state index in [0.29, 0.717) is 18.5 Å². The summed E-state index contributed by atoms with van der Waals surface area (Å²) >= 11 is 0. The van der Waals surface area contributed by atoms with E-state index >= 15 is 0 Å². The van der Waals surface area contributed by atoms with Crippen molar-refractivity contribution in [3.63, 3.8) is 0 Å². The lowest BCUT2D eigenvalue weighted by molar-refractivity contribution is -0.125. The number of carbonyl (C=O) groups excluding carboxylic acids is 1. The number of rotatable bonds is 5. The van der Waals surface area contributed by atoms with E-state index in [-0.39, 0.29) is 30.6 Å². The fourth-order valence-corrected chi connectivity index (χ4v) is 2.94. The average Bonchev–Trinajstić information content (AvgIpc) is 2.92. The van der Waals surface area contributed by atoms with Crippen LogP contribution in [0.15, 0.2) is 18.2 Å². The molecule has 0 aliphatic carbocycles. The van der Waals surface area contributed by atoms with E-state index in [4.69, 9.17) is 0 Å². The highest BCUT2D eigenvalue weighted by Gasteiger charge is 2.37. The van der Waals surface area contributed by atoms with Crippen LogP contribution in [0.2, 0.25) is 0 Å². The maximum atomic E-state index is 13.6. The van der Waals surface area contributed by atoms with Gasteiger partial charge < -0.3 is 10.6 Å². The molecule has 1 aromatic carbocycles. The topological polar surface area (TPSA) is 44.4 Å². The van der Waals surface area contributed by atoms with Crippen molar-refractivity contribution in [2.75, 3.05) is 13.6 Å². The second kappa shape index (κ2) is 7.15. The Balaban J connectivity index is 1.99. The van der Waals surface area contributed by atoms with Gasteiger partial charge in [0.15, 0.2) is 0 Å². The molecule has 2 rings (SSSR count). The van der Waals surface area contributed by atoms with Crippen molar-refractivity contribution in [1.82, 2.24) is 15.5 Å². The Morgan fingerprint density at radius 3 is 2.77 bits per heavy atom. The van der Waals surface area contributed by atoms with Crippen molar-refractivity contribution in [3.8, 4) is 0 Å². The van der Waals surface area contributed by atoms with Crippen LogP contribution >= 0.6 is 0 Å². The van der Waals surface area contributed by atoms with Crippen LogP contribution in [0.1, 0.15) is 25.8 Å². The molecule has 1 aromatic rings. The number of nitrogens with one attached hydrogen (secondary N) is 2. The maximum Gasteiger partial charge on any atom is 0.237 e. The Morgan fingerprint density at radius 2 is 2.14 bits per heavy atom. The van der Waals surface area contributed by atoms with E-state index < -0.39 is 11.6 Å². The molecule has 0 bridgehead atoms. The van der Waals surface area contributed by atoms with Gasteiger partial charge in [-0.05, 0) is 38.5 Å². The van der Waals surface area contributed by atoms with E-state index in [0.717, 1.165) is 12.1 Å². The van der Waals surface area contributed by atoms with Crippen LogP contribution in [0.4, 0.5) is 8.78 Å². The van der Waals surface area contributed by atoms with Gasteiger partial charge in [0.25, 0.3) is 0 Å². The fraction of sp³-hybridized carbons (Fsp3) is 0.562. The summed E-state index contributed by atoms with van der Waals surface area (Å²) in [7, 11) is 1.63. The van der Waals surface area contributed by atoms with Gasteiger partial charge in [0, 0.05) is 37.8 Å². The molecule has 1 saturated heterocycles. The van der Waals surface area contributed by atoms with Gasteiger partial charge in [-0.2, -0.15) is 0 Å². The number of carbonyl (C=O) groups is 1. The normalized spacial score (nSPS) is 22.3. The first-order chi connectivity index (χ1) is 10.4. The Hall–Kier alpha value is -1.53. The molecule has 1 aliphatic rings. The second-order valence-electron chi connectivity index (χ2n) is 5.97. The minimum absolute atomic E-state index is 0.00469. The van der Waals surface area contributed by atoms with Gasteiger partial charge >= 0.3 is 0 Å². The molecule has 0 aromatic heterocycles. The Morgan fingerprint density at radius 1 is 1.41 bits per heavy atom. The number of likely N-dealkylation sites (N-methyl/N-ethyl adjacent to an activating group) is 1. The highest BCUT2D eigenvalue weighted by molar-refractivity contribution is 5.81. The van der Waals surface area contributed by atoms with Crippen LogP contribution < -0.4 is 10.6 Å². The zero-order chi connectivity index (χ0) is 16.3. The molecule has 0 spiro atoms. The highest BCUT2D eigenvalue weighted by atomic mass is 19.1. The lowest BCUT2D eigenvalue weighted by Gasteiger charge is -2.26. The van der Waals surface area contributed by atoms with E-state index in [1.807, 2.05) is 13.8 Å². The number of hydrogen-bond acceptors (Lipinski definition) is 3. The quantitative estimate of drug-likeness (QED) is 0.869. The lowest BCUT2D eigenvalue weighted by Crippen LogP contribution is -2.45. The summed E-state index contributed by atoms with van der Waals surface area (Å²) in [5.74, 6) is -0.873. The van der Waals surface area contributed by atoms with Gasteiger partial charge in [0.1, 0.15) is 11.6 Å². The van der Waals surface area contributed by atoms with Crippen LogP contribution in [0.5, 0.6) is 0 Å². The van der Waals surface area contributed by atoms with Crippen LogP contribution in [-0.4, -0.2) is 42.5 Å². The van der Waals surface area contributed by atoms with Gasteiger partial charge in [-0.1, -0.05) is 0 Å². The van der Waals surface area contributed by atoms with E-state index in [1.54, 1.807) is 7.05 Å². The number of halogens is 2. The maximum absolute atomic E-state index is 13.6. The van der Waals surface area contributed by atoms with Crippen molar-refractivity contribution >= 4 is 5.91 Å². The third kappa shape index (κ3) is 3.81. The number of amides is 1. The third-order valence-corrected chi connectivity index (χ3v) is 4.14. The highest BCUT2D eigenvalue weighted by Crippen LogP contribution is 2.21. The summed E-state index contributed by atoms with van der Waals surface area (Å²) in [5, 5.41) is 5.92. The molecule has 0 radical (unpaired) electrons. The van der Waals surface area contributed by atoms with Crippen molar-refractivity contribution in [1.29, 1.82) is 0 Å². The van der Waals surface area contributed by atoms with Crippen molar-refractivity contribution in [3.05, 3.63) is 35.4 Å². The monoisotopic (exact) mass is 311 g/mol. The molecular weight excluding hydrogens is 288 g/mol. The SMILES string of the molecule is CNC(=O)[C@@H]1C[C@@H](NCc2cc(F)ccc2F)CN1C(C)C. The first kappa shape index (κ1) is 16.8. The molecule has 2 atom stereocenters. The number of nitrogens with zero attached hydrogens (tertiary/aromatic N) is 1. The van der Waals surface area contributed by atoms with Gasteiger partial charge in [0.2, 0.25) is 5.91 Å². The van der Waals surface area contributed by atoms with E-state index in [1.165, 1.54) is 6.07 Å². The summed E-state index contributed by atoms with van der Waals surface area (Å²) in [4.78, 5) is 14.1. The number of likely N-dealkylation sites (tertiary alicyclic amines) is 1. The zero-order valence-electron chi connectivity index (χ0n) is 13.2. The smallest absolute Gasteiger partial charge is 0.237 e. The van der Waals surface area contributed by atoms with Gasteiger partial charge in [-0.15, -0.1) is 0 Å². The third-order valence-electron chi connectivity index (χ3n) is 4.14. The largest absolute Gasteiger partial charge is 0.358 e. The summed E-state index contributed by atoms with van der Waals surface area (Å²) < 4.78 is 26.8. The molecule has 122 valence electrons. The molecule has 1 aliphatic heterocycles. The standard InChI is InChI=1S/C16H23F2N3O/c1-10(2)21-9-13(7-15(21)16(22)19-3)20-8-11-6-12(17)4-5-14(11)18/h4-6,10,13,15,20H,7-9H2,1-3H3,(H,19,22)/t13-,15+/m1/s1. The second-order valence-corrected chi connectivity index (χ2v) is 5.97. The predicted octanol–water partition coefficient (Wildman–Crippen LogP) is 1.65. The van der Waals surface area contributed by atoms with Crippen LogP contribution in [0.25, 0.3) is 0 Å². The lowest BCUT2D eigenvalue weighted by atomic mass is 10.1. The predicted molar refractivity (Wildman–Crippen MR) is 81.3 cm³/mol. The minimum Gasteiger partial charge on any atom is -0.358 e. The summed E-state index contributed by atoms with van der Waals surface area (Å²) in [6.45, 7) is 5.06. The Bertz CT molecular complexity index is 536. The number of hydrogen-bond donors (Lipinski definition) is 2. The van der Waals surface area contributed by atoms with Crippen LogP contribution in [-0.2, 0) is 11.3 Å². The Kier molecular flexibility index (Phi) is 5.47. The molecule has 2 N–H and O–H groups in total. The van der Waals surface area contributed by atoms with E-state index in [2.05, 4.69) is 15.5 Å². The van der Waals surface area contributed by atoms with Gasteiger partial charge in [-0.3, -0.25) is 9.69 Å². The fourth-order valence-electron chi connectivity index (χ4n) is 2.94. The van der Waals surface area contributed by atoms with Crippen LogP contribution in [0.3, 0.4) is 0 Å². The molecule has 0 unspecified atom stereocenters. The van der Waals surface area contributed by atoms with Crippen LogP contribution in [0, 0.1) is 11.6 Å². The molecule has 1 fully saturated rings. The first-order valence-corrected chi connectivity index (χ1v) is 7.57. The molecule has 6 heteroatoms. The number of benzene rings is 1. The molecular formula is C16H23F2N3O. The molecule has 1 heterocycles. The molecule has 22 heavy (non-hydrogen) atoms. The van der Waals surface area contributed by atoms with Gasteiger partial charge in [0.05, 0.1) is 6.04 Å². The van der Waals surface area contributed by atoms with Crippen molar-refractivity contribution in [2.45, 2.75) is 44.9 Å². The average molecular weight is 311 g/mol.